The van der Waals surface area contributed by atoms with E-state index in [0.29, 0.717) is 0 Å². The molecule has 0 saturated heterocycles. The van der Waals surface area contributed by atoms with Gasteiger partial charge in [0, 0.05) is 29.2 Å². The highest BCUT2D eigenvalue weighted by molar-refractivity contribution is 7.10. The first kappa shape index (κ1) is 12.9. The monoisotopic (exact) mass is 298 g/mol. The number of thiophene rings is 1. The molecule has 1 N–H and O–H groups in total. The van der Waals surface area contributed by atoms with Crippen molar-refractivity contribution in [2.24, 2.45) is 0 Å². The average molecular weight is 298 g/mol. The number of carbonyl (C=O) groups excluding carboxylic acids is 1. The van der Waals surface area contributed by atoms with Gasteiger partial charge in [0.05, 0.1) is 6.04 Å². The summed E-state index contributed by atoms with van der Waals surface area (Å²) in [7, 11) is 0. The minimum Gasteiger partial charge on any atom is -0.384 e. The molecule has 2 aliphatic rings. The maximum Gasteiger partial charge on any atom is 0.254 e. The molecule has 0 spiro atoms. The fourth-order valence-corrected chi connectivity index (χ4v) is 4.34. The predicted molar refractivity (Wildman–Crippen MR) is 86.1 cm³/mol. The van der Waals surface area contributed by atoms with E-state index in [9.17, 15) is 4.79 Å². The first-order valence-corrected chi connectivity index (χ1v) is 8.36. The van der Waals surface area contributed by atoms with Gasteiger partial charge in [-0.2, -0.15) is 0 Å². The summed E-state index contributed by atoms with van der Waals surface area (Å²) in [6.45, 7) is 3.93. The van der Waals surface area contributed by atoms with Gasteiger partial charge in [0.25, 0.3) is 5.91 Å². The zero-order valence-electron chi connectivity index (χ0n) is 12.1. The molecule has 1 unspecified atom stereocenters. The number of rotatable bonds is 1. The number of nitrogens with zero attached hydrogens (tertiary/aromatic N) is 1. The van der Waals surface area contributed by atoms with E-state index in [-0.39, 0.29) is 11.9 Å². The van der Waals surface area contributed by atoms with E-state index in [4.69, 9.17) is 0 Å². The zero-order valence-corrected chi connectivity index (χ0v) is 12.9. The standard InChI is InChI=1S/C17H18N2OS/c1-11-14-6-9-21-16(14)5-8-19(11)17(20)13-3-2-12-4-7-18-15(12)10-13/h2-3,6,9-11,18H,4-5,7-8H2,1H3. The van der Waals surface area contributed by atoms with Gasteiger partial charge in [0.2, 0.25) is 0 Å². The highest BCUT2D eigenvalue weighted by Crippen LogP contribution is 2.34. The van der Waals surface area contributed by atoms with Crippen molar-refractivity contribution in [3.05, 3.63) is 51.2 Å². The lowest BCUT2D eigenvalue weighted by Crippen LogP contribution is -2.38. The highest BCUT2D eigenvalue weighted by Gasteiger charge is 2.29. The Morgan fingerprint density at radius 2 is 2.24 bits per heavy atom. The van der Waals surface area contributed by atoms with E-state index >= 15 is 0 Å². The second kappa shape index (κ2) is 4.88. The van der Waals surface area contributed by atoms with Crippen LogP contribution in [0.1, 0.15) is 39.3 Å². The molecular formula is C17H18N2OS. The van der Waals surface area contributed by atoms with Crippen molar-refractivity contribution in [3.8, 4) is 0 Å². The largest absolute Gasteiger partial charge is 0.384 e. The maximum atomic E-state index is 12.8. The Morgan fingerprint density at radius 1 is 1.33 bits per heavy atom. The van der Waals surface area contributed by atoms with Gasteiger partial charge in [-0.3, -0.25) is 4.79 Å². The van der Waals surface area contributed by atoms with Crippen LogP contribution in [0.15, 0.2) is 29.6 Å². The number of nitrogens with one attached hydrogen (secondary N) is 1. The third-order valence-electron chi connectivity index (χ3n) is 4.60. The van der Waals surface area contributed by atoms with Crippen molar-refractivity contribution in [2.45, 2.75) is 25.8 Å². The Balaban J connectivity index is 1.63. The van der Waals surface area contributed by atoms with Crippen LogP contribution in [0.4, 0.5) is 5.69 Å². The van der Waals surface area contributed by atoms with Crippen LogP contribution in [0.5, 0.6) is 0 Å². The van der Waals surface area contributed by atoms with Crippen LogP contribution in [0, 0.1) is 0 Å². The van der Waals surface area contributed by atoms with Gasteiger partial charge >= 0.3 is 0 Å². The Kier molecular flexibility index (Phi) is 3.00. The van der Waals surface area contributed by atoms with Crippen LogP contribution in [0.2, 0.25) is 0 Å². The second-order valence-electron chi connectivity index (χ2n) is 5.77. The number of benzene rings is 1. The van der Waals surface area contributed by atoms with E-state index < -0.39 is 0 Å². The molecule has 0 radical (unpaired) electrons. The summed E-state index contributed by atoms with van der Waals surface area (Å²) in [5.41, 5.74) is 4.56. The van der Waals surface area contributed by atoms with Crippen LogP contribution >= 0.6 is 11.3 Å². The molecule has 3 heterocycles. The maximum absolute atomic E-state index is 12.8. The molecule has 3 nitrogen and oxygen atoms in total. The molecule has 0 fully saturated rings. The Labute approximate surface area is 128 Å². The summed E-state index contributed by atoms with van der Waals surface area (Å²) in [6, 6.07) is 8.42. The minimum atomic E-state index is 0.149. The summed E-state index contributed by atoms with van der Waals surface area (Å²) < 4.78 is 0. The Bertz CT molecular complexity index is 707. The van der Waals surface area contributed by atoms with E-state index in [1.165, 1.54) is 16.0 Å². The normalized spacial score (nSPS) is 19.9. The number of hydrogen-bond acceptors (Lipinski definition) is 3. The van der Waals surface area contributed by atoms with E-state index in [2.05, 4.69) is 29.8 Å². The molecule has 0 bridgehead atoms. The third kappa shape index (κ3) is 2.05. The van der Waals surface area contributed by atoms with Gasteiger partial charge in [-0.25, -0.2) is 0 Å². The van der Waals surface area contributed by atoms with E-state index in [1.54, 1.807) is 0 Å². The smallest absolute Gasteiger partial charge is 0.254 e. The lowest BCUT2D eigenvalue weighted by Gasteiger charge is -2.33. The quantitative estimate of drug-likeness (QED) is 0.874. The Morgan fingerprint density at radius 3 is 3.14 bits per heavy atom. The minimum absolute atomic E-state index is 0.149. The average Bonchev–Trinajstić information content (AvgIpc) is 3.15. The molecule has 1 aromatic carbocycles. The molecule has 1 aromatic heterocycles. The molecule has 21 heavy (non-hydrogen) atoms. The number of amides is 1. The number of carbonyl (C=O) groups is 1. The van der Waals surface area contributed by atoms with Gasteiger partial charge in [-0.15, -0.1) is 11.3 Å². The summed E-state index contributed by atoms with van der Waals surface area (Å²) in [6.07, 6.45) is 2.04. The van der Waals surface area contributed by atoms with Crippen molar-refractivity contribution >= 4 is 22.9 Å². The molecule has 1 atom stereocenters. The first-order chi connectivity index (χ1) is 10.2. The molecular weight excluding hydrogens is 280 g/mol. The van der Waals surface area contributed by atoms with Crippen molar-refractivity contribution in [1.29, 1.82) is 0 Å². The molecule has 4 rings (SSSR count). The summed E-state index contributed by atoms with van der Waals surface area (Å²) in [5, 5.41) is 5.49. The SMILES string of the molecule is CC1c2ccsc2CCN1C(=O)c1ccc2c(c1)NCC2. The summed E-state index contributed by atoms with van der Waals surface area (Å²) in [4.78, 5) is 16.3. The summed E-state index contributed by atoms with van der Waals surface area (Å²) in [5.74, 6) is 0.149. The van der Waals surface area contributed by atoms with E-state index in [0.717, 1.165) is 37.2 Å². The number of hydrogen-bond donors (Lipinski definition) is 1. The van der Waals surface area contributed by atoms with Gasteiger partial charge in [-0.1, -0.05) is 6.07 Å². The van der Waals surface area contributed by atoms with Crippen LogP contribution < -0.4 is 5.32 Å². The first-order valence-electron chi connectivity index (χ1n) is 7.48. The summed E-state index contributed by atoms with van der Waals surface area (Å²) >= 11 is 1.81. The van der Waals surface area contributed by atoms with Gasteiger partial charge < -0.3 is 10.2 Å². The van der Waals surface area contributed by atoms with Crippen molar-refractivity contribution in [2.75, 3.05) is 18.4 Å². The fraction of sp³-hybridized carbons (Fsp3) is 0.353. The van der Waals surface area contributed by atoms with Crippen molar-refractivity contribution in [3.63, 3.8) is 0 Å². The molecule has 0 saturated carbocycles. The lowest BCUT2D eigenvalue weighted by molar-refractivity contribution is 0.0679. The second-order valence-corrected chi connectivity index (χ2v) is 6.77. The van der Waals surface area contributed by atoms with Crippen LogP contribution in [-0.4, -0.2) is 23.9 Å². The van der Waals surface area contributed by atoms with Crippen molar-refractivity contribution < 1.29 is 4.79 Å². The molecule has 4 heteroatoms. The van der Waals surface area contributed by atoms with Crippen molar-refractivity contribution in [1.82, 2.24) is 4.90 Å². The number of fused-ring (bicyclic) bond motifs is 2. The fourth-order valence-electron chi connectivity index (χ4n) is 3.38. The van der Waals surface area contributed by atoms with Gasteiger partial charge in [0.1, 0.15) is 0 Å². The predicted octanol–water partition coefficient (Wildman–Crippen LogP) is 3.48. The lowest BCUT2D eigenvalue weighted by atomic mass is 10.00. The van der Waals surface area contributed by atoms with Crippen LogP contribution in [0.25, 0.3) is 0 Å². The Hall–Kier alpha value is -1.81. The highest BCUT2D eigenvalue weighted by atomic mass is 32.1. The molecule has 108 valence electrons. The van der Waals surface area contributed by atoms with Gasteiger partial charge in [0.15, 0.2) is 0 Å². The molecule has 1 amide bonds. The van der Waals surface area contributed by atoms with Crippen LogP contribution in [-0.2, 0) is 12.8 Å². The third-order valence-corrected chi connectivity index (χ3v) is 5.60. The number of anilines is 1. The topological polar surface area (TPSA) is 32.3 Å². The molecule has 2 aromatic rings. The van der Waals surface area contributed by atoms with Crippen LogP contribution in [0.3, 0.4) is 0 Å². The molecule has 2 aliphatic heterocycles. The van der Waals surface area contributed by atoms with E-state index in [1.807, 2.05) is 28.4 Å². The zero-order chi connectivity index (χ0) is 14.4. The molecule has 0 aliphatic carbocycles. The van der Waals surface area contributed by atoms with Gasteiger partial charge in [-0.05, 0) is 54.5 Å².